The third kappa shape index (κ3) is 4.73. The minimum atomic E-state index is 0.644. The molecule has 2 fully saturated rings. The van der Waals surface area contributed by atoms with Gasteiger partial charge in [0.25, 0.3) is 0 Å². The maximum absolute atomic E-state index is 5.45. The second kappa shape index (κ2) is 7.61. The Morgan fingerprint density at radius 1 is 1.16 bits per heavy atom. The topological polar surface area (TPSA) is 24.5 Å². The first-order valence-corrected chi connectivity index (χ1v) is 8.22. The Morgan fingerprint density at radius 3 is 2.58 bits per heavy atom. The molecule has 0 amide bonds. The Bertz CT molecular complexity index is 251. The molecule has 112 valence electrons. The van der Waals surface area contributed by atoms with Gasteiger partial charge >= 0.3 is 0 Å². The summed E-state index contributed by atoms with van der Waals surface area (Å²) in [5.74, 6) is 1.60. The van der Waals surface area contributed by atoms with Crippen molar-refractivity contribution in [3.63, 3.8) is 0 Å². The van der Waals surface area contributed by atoms with Crippen LogP contribution in [-0.4, -0.2) is 49.8 Å². The van der Waals surface area contributed by atoms with Crippen molar-refractivity contribution < 1.29 is 4.74 Å². The lowest BCUT2D eigenvalue weighted by Gasteiger charge is -2.31. The number of hydrogen-bond acceptors (Lipinski definition) is 3. The molecule has 2 rings (SSSR count). The van der Waals surface area contributed by atoms with Gasteiger partial charge in [-0.2, -0.15) is 0 Å². The minimum Gasteiger partial charge on any atom is -0.381 e. The number of rotatable bonds is 6. The molecule has 0 bridgehead atoms. The van der Waals surface area contributed by atoms with Gasteiger partial charge in [0, 0.05) is 38.4 Å². The summed E-state index contributed by atoms with van der Waals surface area (Å²) in [5, 5.41) is 3.80. The van der Waals surface area contributed by atoms with E-state index in [-0.39, 0.29) is 0 Å². The fourth-order valence-corrected chi connectivity index (χ4v) is 3.54. The van der Waals surface area contributed by atoms with Gasteiger partial charge in [-0.15, -0.1) is 0 Å². The molecule has 0 radical (unpaired) electrons. The zero-order valence-corrected chi connectivity index (χ0v) is 13.0. The van der Waals surface area contributed by atoms with E-state index < -0.39 is 0 Å². The van der Waals surface area contributed by atoms with E-state index in [9.17, 15) is 0 Å². The fraction of sp³-hybridized carbons (Fsp3) is 1.00. The van der Waals surface area contributed by atoms with Crippen molar-refractivity contribution in [2.75, 3.05) is 32.8 Å². The van der Waals surface area contributed by atoms with Crippen LogP contribution < -0.4 is 5.32 Å². The van der Waals surface area contributed by atoms with Crippen LogP contribution in [0.15, 0.2) is 0 Å². The van der Waals surface area contributed by atoms with Crippen LogP contribution in [-0.2, 0) is 4.74 Å². The minimum absolute atomic E-state index is 0.644. The van der Waals surface area contributed by atoms with Crippen LogP contribution in [0.5, 0.6) is 0 Å². The van der Waals surface area contributed by atoms with E-state index in [1.165, 1.54) is 45.3 Å². The highest BCUT2D eigenvalue weighted by molar-refractivity contribution is 4.84. The van der Waals surface area contributed by atoms with Gasteiger partial charge in [-0.05, 0) is 51.0 Å². The second-order valence-electron chi connectivity index (χ2n) is 6.83. The summed E-state index contributed by atoms with van der Waals surface area (Å²) in [7, 11) is 0. The first-order valence-electron chi connectivity index (χ1n) is 8.22. The van der Waals surface area contributed by atoms with Crippen LogP contribution in [0.25, 0.3) is 0 Å². The lowest BCUT2D eigenvalue weighted by Crippen LogP contribution is -2.45. The Kier molecular flexibility index (Phi) is 6.11. The van der Waals surface area contributed by atoms with Crippen molar-refractivity contribution in [2.45, 2.75) is 58.5 Å². The molecule has 0 aromatic heterocycles. The highest BCUT2D eigenvalue weighted by Gasteiger charge is 2.26. The zero-order chi connectivity index (χ0) is 13.7. The molecular weight excluding hydrogens is 236 g/mol. The van der Waals surface area contributed by atoms with E-state index in [2.05, 4.69) is 31.0 Å². The van der Waals surface area contributed by atoms with Crippen LogP contribution in [0.2, 0.25) is 0 Å². The van der Waals surface area contributed by atoms with Crippen molar-refractivity contribution in [1.29, 1.82) is 0 Å². The summed E-state index contributed by atoms with van der Waals surface area (Å²) in [6.45, 7) is 12.7. The van der Waals surface area contributed by atoms with E-state index in [1.54, 1.807) is 0 Å². The molecule has 0 aromatic rings. The number of likely N-dealkylation sites (tertiary alicyclic amines) is 1. The summed E-state index contributed by atoms with van der Waals surface area (Å²) >= 11 is 0. The molecule has 0 unspecified atom stereocenters. The molecule has 2 saturated heterocycles. The predicted octanol–water partition coefficient (Wildman–Crippen LogP) is 2.51. The third-order valence-corrected chi connectivity index (χ3v) is 4.75. The van der Waals surface area contributed by atoms with Crippen molar-refractivity contribution in [3.8, 4) is 0 Å². The quantitative estimate of drug-likeness (QED) is 0.801. The number of nitrogens with one attached hydrogen (secondary N) is 1. The molecule has 2 aliphatic rings. The highest BCUT2D eigenvalue weighted by Crippen LogP contribution is 2.21. The van der Waals surface area contributed by atoms with Crippen LogP contribution in [0.3, 0.4) is 0 Å². The number of nitrogens with zero attached hydrogens (tertiary/aromatic N) is 1. The maximum atomic E-state index is 5.45. The van der Waals surface area contributed by atoms with Crippen LogP contribution in [0.4, 0.5) is 0 Å². The van der Waals surface area contributed by atoms with Crippen LogP contribution in [0, 0.1) is 11.8 Å². The maximum Gasteiger partial charge on any atom is 0.0469 e. The van der Waals surface area contributed by atoms with Gasteiger partial charge in [-0.25, -0.2) is 0 Å². The van der Waals surface area contributed by atoms with Gasteiger partial charge in [0.05, 0.1) is 0 Å². The van der Waals surface area contributed by atoms with Gasteiger partial charge in [-0.1, -0.05) is 13.8 Å². The molecular formula is C16H32N2O. The van der Waals surface area contributed by atoms with Gasteiger partial charge in [0.2, 0.25) is 0 Å². The average molecular weight is 268 g/mol. The van der Waals surface area contributed by atoms with E-state index >= 15 is 0 Å². The Morgan fingerprint density at radius 2 is 1.89 bits per heavy atom. The third-order valence-electron chi connectivity index (χ3n) is 4.75. The average Bonchev–Trinajstić information content (AvgIpc) is 2.83. The first kappa shape index (κ1) is 15.3. The van der Waals surface area contributed by atoms with Crippen molar-refractivity contribution in [1.82, 2.24) is 10.2 Å². The lowest BCUT2D eigenvalue weighted by molar-refractivity contribution is 0.0550. The zero-order valence-electron chi connectivity index (χ0n) is 13.0. The predicted molar refractivity (Wildman–Crippen MR) is 80.4 cm³/mol. The van der Waals surface area contributed by atoms with Crippen molar-refractivity contribution in [2.24, 2.45) is 11.8 Å². The lowest BCUT2D eigenvalue weighted by atomic mass is 9.93. The number of hydrogen-bond donors (Lipinski definition) is 1. The highest BCUT2D eigenvalue weighted by atomic mass is 16.5. The normalized spacial score (nSPS) is 28.1. The molecule has 3 heteroatoms. The van der Waals surface area contributed by atoms with Gasteiger partial charge in [0.1, 0.15) is 0 Å². The first-order chi connectivity index (χ1) is 9.16. The molecule has 2 atom stereocenters. The van der Waals surface area contributed by atoms with E-state index in [0.29, 0.717) is 6.04 Å². The molecule has 0 aliphatic carbocycles. The van der Waals surface area contributed by atoms with Crippen LogP contribution in [0.1, 0.15) is 46.5 Å². The van der Waals surface area contributed by atoms with Gasteiger partial charge < -0.3 is 10.1 Å². The Balaban J connectivity index is 1.71. The summed E-state index contributed by atoms with van der Waals surface area (Å²) in [6.07, 6.45) is 5.22. The van der Waals surface area contributed by atoms with E-state index in [1.807, 2.05) is 0 Å². The molecule has 2 heterocycles. The monoisotopic (exact) mass is 268 g/mol. The van der Waals surface area contributed by atoms with E-state index in [0.717, 1.165) is 31.1 Å². The van der Waals surface area contributed by atoms with E-state index in [4.69, 9.17) is 4.74 Å². The SMILES string of the molecule is CC(C)CN1CCC[C@H]1CN[C@@H](C)C1CCOCC1. The van der Waals surface area contributed by atoms with Gasteiger partial charge in [0.15, 0.2) is 0 Å². The summed E-state index contributed by atoms with van der Waals surface area (Å²) in [4.78, 5) is 2.69. The smallest absolute Gasteiger partial charge is 0.0469 e. The standard InChI is InChI=1S/C16H32N2O/c1-13(2)12-18-8-4-5-16(18)11-17-14(3)15-6-9-19-10-7-15/h13-17H,4-12H2,1-3H3/t14-,16-/m0/s1. The fourth-order valence-electron chi connectivity index (χ4n) is 3.54. The molecule has 3 nitrogen and oxygen atoms in total. The molecule has 1 N–H and O–H groups in total. The molecule has 0 saturated carbocycles. The van der Waals surface area contributed by atoms with Crippen molar-refractivity contribution >= 4 is 0 Å². The van der Waals surface area contributed by atoms with Crippen LogP contribution >= 0.6 is 0 Å². The molecule has 0 aromatic carbocycles. The summed E-state index contributed by atoms with van der Waals surface area (Å²) < 4.78 is 5.45. The van der Waals surface area contributed by atoms with Crippen molar-refractivity contribution in [3.05, 3.63) is 0 Å². The summed E-state index contributed by atoms with van der Waals surface area (Å²) in [5.41, 5.74) is 0. The molecule has 0 spiro atoms. The number of ether oxygens (including phenoxy) is 1. The summed E-state index contributed by atoms with van der Waals surface area (Å²) in [6, 6.07) is 1.41. The van der Waals surface area contributed by atoms with Gasteiger partial charge in [-0.3, -0.25) is 4.90 Å². The Hall–Kier alpha value is -0.120. The largest absolute Gasteiger partial charge is 0.381 e. The Labute approximate surface area is 119 Å². The molecule has 19 heavy (non-hydrogen) atoms. The molecule has 2 aliphatic heterocycles. The second-order valence-corrected chi connectivity index (χ2v) is 6.83.